The monoisotopic (exact) mass is 405 g/mol. The minimum absolute atomic E-state index is 0.0481. The lowest BCUT2D eigenvalue weighted by Crippen LogP contribution is -2.46. The molecule has 154 valence electrons. The second-order valence-corrected chi connectivity index (χ2v) is 7.87. The maximum Gasteiger partial charge on any atom is 0.265 e. The zero-order valence-electron chi connectivity index (χ0n) is 16.7. The molecule has 30 heavy (non-hydrogen) atoms. The van der Waals surface area contributed by atoms with Gasteiger partial charge in [-0.05, 0) is 49.1 Å². The normalized spacial score (nSPS) is 17.6. The Kier molecular flexibility index (Phi) is 4.65. The van der Waals surface area contributed by atoms with Gasteiger partial charge in [-0.15, -0.1) is 0 Å². The third kappa shape index (κ3) is 3.20. The molecule has 0 atom stereocenters. The maximum absolute atomic E-state index is 13.1. The first-order valence-corrected chi connectivity index (χ1v) is 10.4. The molecule has 0 saturated carbocycles. The van der Waals surface area contributed by atoms with Crippen LogP contribution < -0.4 is 14.5 Å². The molecule has 0 aromatic heterocycles. The molecule has 0 N–H and O–H groups in total. The first-order valence-electron chi connectivity index (χ1n) is 10.4. The van der Waals surface area contributed by atoms with Crippen LogP contribution in [0.4, 0.5) is 11.4 Å². The highest BCUT2D eigenvalue weighted by Gasteiger charge is 2.32. The molecular formula is C23H23N3O4. The van der Waals surface area contributed by atoms with Crippen LogP contribution in [0, 0.1) is 0 Å². The summed E-state index contributed by atoms with van der Waals surface area (Å²) in [6.45, 7) is 1.92. The van der Waals surface area contributed by atoms with Gasteiger partial charge in [0.15, 0.2) is 6.61 Å². The van der Waals surface area contributed by atoms with E-state index in [4.69, 9.17) is 4.74 Å². The first-order chi connectivity index (χ1) is 14.6. The number of likely N-dealkylation sites (tertiary alicyclic amines) is 1. The van der Waals surface area contributed by atoms with Crippen molar-refractivity contribution in [2.45, 2.75) is 19.3 Å². The number of carbonyl (C=O) groups is 3. The number of rotatable bonds is 3. The molecule has 5 rings (SSSR count). The Bertz CT molecular complexity index is 1030. The summed E-state index contributed by atoms with van der Waals surface area (Å²) in [4.78, 5) is 43.5. The molecule has 1 fully saturated rings. The van der Waals surface area contributed by atoms with E-state index >= 15 is 0 Å². The molecule has 7 nitrogen and oxygen atoms in total. The molecule has 1 saturated heterocycles. The fourth-order valence-corrected chi connectivity index (χ4v) is 4.43. The van der Waals surface area contributed by atoms with Crippen molar-refractivity contribution in [1.29, 1.82) is 0 Å². The van der Waals surface area contributed by atoms with E-state index < -0.39 is 0 Å². The number of amides is 3. The number of ether oxygens (including phenoxy) is 1. The molecule has 2 aromatic rings. The Morgan fingerprint density at radius 1 is 0.967 bits per heavy atom. The Hall–Kier alpha value is -3.35. The lowest BCUT2D eigenvalue weighted by molar-refractivity contribution is -0.124. The second kappa shape index (κ2) is 7.48. The number of hydrogen-bond donors (Lipinski definition) is 0. The lowest BCUT2D eigenvalue weighted by Gasteiger charge is -2.31. The summed E-state index contributed by atoms with van der Waals surface area (Å²) in [7, 11) is 0. The van der Waals surface area contributed by atoms with Gasteiger partial charge in [0.25, 0.3) is 11.8 Å². The number of hydrogen-bond acceptors (Lipinski definition) is 4. The van der Waals surface area contributed by atoms with Crippen LogP contribution in [-0.2, 0) is 16.0 Å². The number of carbonyl (C=O) groups excluding carboxylic acids is 3. The van der Waals surface area contributed by atoms with Crippen molar-refractivity contribution in [1.82, 2.24) is 4.90 Å². The van der Waals surface area contributed by atoms with Crippen molar-refractivity contribution >= 4 is 29.1 Å². The third-order valence-corrected chi connectivity index (χ3v) is 6.02. The molecule has 3 heterocycles. The number of anilines is 2. The fourth-order valence-electron chi connectivity index (χ4n) is 4.43. The summed E-state index contributed by atoms with van der Waals surface area (Å²) in [6.07, 6.45) is 2.83. The van der Waals surface area contributed by atoms with Crippen molar-refractivity contribution in [2.24, 2.45) is 0 Å². The summed E-state index contributed by atoms with van der Waals surface area (Å²) >= 11 is 0. The SMILES string of the molecule is O=C(c1ccc2c(c1)N(CC(=O)N1CCc3ccccc31)C(=O)CO2)N1CCCC1. The van der Waals surface area contributed by atoms with Crippen LogP contribution >= 0.6 is 0 Å². The maximum atomic E-state index is 13.1. The van der Waals surface area contributed by atoms with Crippen molar-refractivity contribution in [3.05, 3.63) is 53.6 Å². The van der Waals surface area contributed by atoms with Gasteiger partial charge in [-0.2, -0.15) is 0 Å². The Morgan fingerprint density at radius 3 is 2.60 bits per heavy atom. The topological polar surface area (TPSA) is 70.2 Å². The van der Waals surface area contributed by atoms with Gasteiger partial charge < -0.3 is 14.5 Å². The van der Waals surface area contributed by atoms with Crippen LogP contribution in [0.2, 0.25) is 0 Å². The highest BCUT2D eigenvalue weighted by molar-refractivity contribution is 6.07. The summed E-state index contributed by atoms with van der Waals surface area (Å²) in [6, 6.07) is 13.0. The zero-order chi connectivity index (χ0) is 20.7. The Balaban J connectivity index is 1.41. The summed E-state index contributed by atoms with van der Waals surface area (Å²) in [5, 5.41) is 0. The number of fused-ring (bicyclic) bond motifs is 2. The molecule has 0 aliphatic carbocycles. The predicted molar refractivity (Wildman–Crippen MR) is 112 cm³/mol. The van der Waals surface area contributed by atoms with Crippen molar-refractivity contribution in [3.8, 4) is 5.75 Å². The van der Waals surface area contributed by atoms with Gasteiger partial charge in [0.05, 0.1) is 5.69 Å². The molecule has 0 radical (unpaired) electrons. The average molecular weight is 405 g/mol. The molecule has 3 amide bonds. The summed E-state index contributed by atoms with van der Waals surface area (Å²) in [5.41, 5.74) is 3.04. The molecule has 7 heteroatoms. The quantitative estimate of drug-likeness (QED) is 0.785. The molecule has 0 spiro atoms. The minimum atomic E-state index is -0.283. The van der Waals surface area contributed by atoms with Crippen molar-refractivity contribution in [3.63, 3.8) is 0 Å². The van der Waals surface area contributed by atoms with E-state index in [1.165, 1.54) is 4.90 Å². The molecule has 0 unspecified atom stereocenters. The largest absolute Gasteiger partial charge is 0.482 e. The standard InChI is InChI=1S/C23H23N3O4/c27-21(25-12-9-16-5-1-2-6-18(16)25)14-26-19-13-17(23(29)24-10-3-4-11-24)7-8-20(19)30-15-22(26)28/h1-2,5-8,13H,3-4,9-12,14-15H2. The summed E-state index contributed by atoms with van der Waals surface area (Å²) in [5.74, 6) is 0.0433. The third-order valence-electron chi connectivity index (χ3n) is 6.02. The van der Waals surface area contributed by atoms with Gasteiger partial charge in [0.1, 0.15) is 12.3 Å². The van der Waals surface area contributed by atoms with Crippen LogP contribution in [0.3, 0.4) is 0 Å². The van der Waals surface area contributed by atoms with Crippen molar-refractivity contribution < 1.29 is 19.1 Å². The van der Waals surface area contributed by atoms with E-state index in [0.717, 1.165) is 43.6 Å². The highest BCUT2D eigenvalue weighted by Crippen LogP contribution is 2.34. The van der Waals surface area contributed by atoms with Crippen LogP contribution in [0.5, 0.6) is 5.75 Å². The highest BCUT2D eigenvalue weighted by atomic mass is 16.5. The van der Waals surface area contributed by atoms with Crippen LogP contribution in [0.25, 0.3) is 0 Å². The van der Waals surface area contributed by atoms with Gasteiger partial charge in [-0.1, -0.05) is 18.2 Å². The zero-order valence-corrected chi connectivity index (χ0v) is 16.7. The van der Waals surface area contributed by atoms with Gasteiger partial charge in [0.2, 0.25) is 5.91 Å². The van der Waals surface area contributed by atoms with Gasteiger partial charge in [-0.25, -0.2) is 0 Å². The van der Waals surface area contributed by atoms with Gasteiger partial charge in [0, 0.05) is 30.9 Å². The molecular weight excluding hydrogens is 382 g/mol. The van der Waals surface area contributed by atoms with E-state index in [9.17, 15) is 14.4 Å². The van der Waals surface area contributed by atoms with E-state index in [2.05, 4.69) is 0 Å². The van der Waals surface area contributed by atoms with E-state index in [0.29, 0.717) is 23.5 Å². The molecule has 2 aromatic carbocycles. The van der Waals surface area contributed by atoms with Crippen molar-refractivity contribution in [2.75, 3.05) is 42.6 Å². The van der Waals surface area contributed by atoms with Gasteiger partial charge >= 0.3 is 0 Å². The van der Waals surface area contributed by atoms with Crippen LogP contribution in [0.15, 0.2) is 42.5 Å². The lowest BCUT2D eigenvalue weighted by atomic mass is 10.1. The minimum Gasteiger partial charge on any atom is -0.482 e. The molecule has 3 aliphatic rings. The van der Waals surface area contributed by atoms with E-state index in [1.54, 1.807) is 23.1 Å². The molecule has 3 aliphatic heterocycles. The second-order valence-electron chi connectivity index (χ2n) is 7.87. The van der Waals surface area contributed by atoms with Crippen LogP contribution in [0.1, 0.15) is 28.8 Å². The van der Waals surface area contributed by atoms with Gasteiger partial charge in [-0.3, -0.25) is 19.3 Å². The number of para-hydroxylation sites is 1. The van der Waals surface area contributed by atoms with E-state index in [-0.39, 0.29) is 30.9 Å². The number of nitrogens with zero attached hydrogens (tertiary/aromatic N) is 3. The smallest absolute Gasteiger partial charge is 0.265 e. The Morgan fingerprint density at radius 2 is 1.77 bits per heavy atom. The molecule has 0 bridgehead atoms. The van der Waals surface area contributed by atoms with E-state index in [1.807, 2.05) is 29.2 Å². The fraction of sp³-hybridized carbons (Fsp3) is 0.348. The first kappa shape index (κ1) is 18.7. The Labute approximate surface area is 174 Å². The van der Waals surface area contributed by atoms with Crippen LogP contribution in [-0.4, -0.2) is 55.4 Å². The average Bonchev–Trinajstić information content (AvgIpc) is 3.45. The summed E-state index contributed by atoms with van der Waals surface area (Å²) < 4.78 is 5.55. The predicted octanol–water partition coefficient (Wildman–Crippen LogP) is 2.24. The number of benzene rings is 2.